The molecule has 1 rings (SSSR count). The lowest BCUT2D eigenvalue weighted by Gasteiger charge is -2.14. The third kappa shape index (κ3) is 3.51. The lowest BCUT2D eigenvalue weighted by atomic mass is 10.1. The molecule has 0 spiro atoms. The molecule has 82 valence electrons. The van der Waals surface area contributed by atoms with Crippen LogP contribution < -0.4 is 5.73 Å². The van der Waals surface area contributed by atoms with E-state index in [0.29, 0.717) is 10.6 Å². The molecule has 5 heteroatoms. The van der Waals surface area contributed by atoms with E-state index in [1.807, 2.05) is 0 Å². The van der Waals surface area contributed by atoms with E-state index in [0.717, 1.165) is 0 Å². The fourth-order valence-corrected chi connectivity index (χ4v) is 1.34. The van der Waals surface area contributed by atoms with Crippen molar-refractivity contribution in [2.24, 2.45) is 5.73 Å². The van der Waals surface area contributed by atoms with Crippen LogP contribution in [-0.2, 0) is 14.6 Å². The molecule has 0 fully saturated rings. The van der Waals surface area contributed by atoms with Crippen molar-refractivity contribution in [2.75, 3.05) is 6.54 Å². The Balaban J connectivity index is 2.74. The van der Waals surface area contributed by atoms with E-state index in [1.54, 1.807) is 24.3 Å². The number of carbonyl (C=O) groups is 1. The lowest BCUT2D eigenvalue weighted by molar-refractivity contribution is -0.296. The Bertz CT molecular complexity index is 343. The van der Waals surface area contributed by atoms with Gasteiger partial charge in [0, 0.05) is 24.1 Å². The number of hydrogen-bond acceptors (Lipinski definition) is 4. The van der Waals surface area contributed by atoms with Gasteiger partial charge in [0.15, 0.2) is 0 Å². The minimum atomic E-state index is -0.539. The van der Waals surface area contributed by atoms with Crippen molar-refractivity contribution in [2.45, 2.75) is 13.0 Å². The monoisotopic (exact) mass is 229 g/mol. The van der Waals surface area contributed by atoms with Crippen LogP contribution in [-0.4, -0.2) is 12.5 Å². The summed E-state index contributed by atoms with van der Waals surface area (Å²) in [6.45, 7) is 1.43. The second kappa shape index (κ2) is 5.70. The smallest absolute Gasteiger partial charge is 0.328 e. The number of hydrogen-bond donors (Lipinski definition) is 1. The van der Waals surface area contributed by atoms with Crippen molar-refractivity contribution in [1.29, 1.82) is 0 Å². The molecule has 0 aromatic heterocycles. The SMILES string of the molecule is CC(=O)OOC(CN)c1ccccc1Cl. The van der Waals surface area contributed by atoms with Gasteiger partial charge in [0.25, 0.3) is 0 Å². The molecular weight excluding hydrogens is 218 g/mol. The predicted molar refractivity (Wildman–Crippen MR) is 56.1 cm³/mol. The zero-order valence-electron chi connectivity index (χ0n) is 8.27. The Morgan fingerprint density at radius 1 is 1.53 bits per heavy atom. The lowest BCUT2D eigenvalue weighted by Crippen LogP contribution is -2.17. The van der Waals surface area contributed by atoms with Gasteiger partial charge in [-0.15, -0.1) is 0 Å². The van der Waals surface area contributed by atoms with Gasteiger partial charge < -0.3 is 5.73 Å². The van der Waals surface area contributed by atoms with Crippen molar-refractivity contribution < 1.29 is 14.6 Å². The van der Waals surface area contributed by atoms with E-state index >= 15 is 0 Å². The Morgan fingerprint density at radius 2 is 2.20 bits per heavy atom. The summed E-state index contributed by atoms with van der Waals surface area (Å²) in [6.07, 6.45) is -0.539. The molecule has 1 aromatic rings. The molecule has 0 heterocycles. The summed E-state index contributed by atoms with van der Waals surface area (Å²) < 4.78 is 0. The van der Waals surface area contributed by atoms with Crippen LogP contribution in [0.25, 0.3) is 0 Å². The van der Waals surface area contributed by atoms with E-state index in [9.17, 15) is 4.79 Å². The Morgan fingerprint density at radius 3 is 2.73 bits per heavy atom. The number of carbonyl (C=O) groups excluding carboxylic acids is 1. The first-order valence-electron chi connectivity index (χ1n) is 4.43. The van der Waals surface area contributed by atoms with E-state index in [1.165, 1.54) is 6.92 Å². The molecule has 2 N–H and O–H groups in total. The third-order valence-corrected chi connectivity index (χ3v) is 2.09. The third-order valence-electron chi connectivity index (χ3n) is 1.75. The van der Waals surface area contributed by atoms with Gasteiger partial charge in [-0.3, -0.25) is 4.89 Å². The van der Waals surface area contributed by atoms with Crippen LogP contribution >= 0.6 is 11.6 Å². The molecule has 1 atom stereocenters. The summed E-state index contributed by atoms with van der Waals surface area (Å²) in [5, 5.41) is 0.528. The molecule has 0 bridgehead atoms. The molecule has 0 amide bonds. The van der Waals surface area contributed by atoms with Gasteiger partial charge >= 0.3 is 5.97 Å². The van der Waals surface area contributed by atoms with Crippen molar-refractivity contribution in [1.82, 2.24) is 0 Å². The Labute approximate surface area is 92.9 Å². The fraction of sp³-hybridized carbons (Fsp3) is 0.300. The number of halogens is 1. The molecule has 1 aromatic carbocycles. The Kier molecular flexibility index (Phi) is 4.55. The standard InChI is InChI=1S/C10H12ClNO3/c1-7(13)14-15-10(6-12)8-4-2-3-5-9(8)11/h2-5,10H,6,12H2,1H3. The second-order valence-electron chi connectivity index (χ2n) is 2.92. The number of nitrogens with two attached hydrogens (primary N) is 1. The minimum absolute atomic E-state index is 0.178. The summed E-state index contributed by atoms with van der Waals surface area (Å²) in [5.74, 6) is -0.527. The number of rotatable bonds is 4. The van der Waals surface area contributed by atoms with E-state index in [2.05, 4.69) is 4.89 Å². The van der Waals surface area contributed by atoms with Crippen LogP contribution in [0.2, 0.25) is 5.02 Å². The van der Waals surface area contributed by atoms with E-state index in [4.69, 9.17) is 22.2 Å². The molecule has 0 saturated carbocycles. The first-order valence-corrected chi connectivity index (χ1v) is 4.81. The van der Waals surface area contributed by atoms with Gasteiger partial charge in [-0.2, -0.15) is 4.89 Å². The van der Waals surface area contributed by atoms with Crippen molar-refractivity contribution in [3.63, 3.8) is 0 Å². The second-order valence-corrected chi connectivity index (χ2v) is 3.32. The average Bonchev–Trinajstić information content (AvgIpc) is 2.21. The van der Waals surface area contributed by atoms with Crippen molar-refractivity contribution in [3.8, 4) is 0 Å². The average molecular weight is 230 g/mol. The largest absolute Gasteiger partial charge is 0.339 e. The summed E-state index contributed by atoms with van der Waals surface area (Å²) in [5.41, 5.74) is 6.18. The molecule has 0 aliphatic heterocycles. The molecule has 0 saturated heterocycles. The zero-order valence-corrected chi connectivity index (χ0v) is 9.03. The van der Waals surface area contributed by atoms with Gasteiger partial charge in [-0.25, -0.2) is 4.79 Å². The highest BCUT2D eigenvalue weighted by atomic mass is 35.5. The normalized spacial score (nSPS) is 12.2. The van der Waals surface area contributed by atoms with Crippen molar-refractivity contribution >= 4 is 17.6 Å². The molecule has 4 nitrogen and oxygen atoms in total. The molecule has 0 radical (unpaired) electrons. The van der Waals surface area contributed by atoms with Crippen LogP contribution in [0.5, 0.6) is 0 Å². The molecule has 0 aliphatic rings. The first-order chi connectivity index (χ1) is 7.15. The van der Waals surface area contributed by atoms with Crippen molar-refractivity contribution in [3.05, 3.63) is 34.9 Å². The van der Waals surface area contributed by atoms with Crippen LogP contribution in [0.4, 0.5) is 0 Å². The molecular formula is C10H12ClNO3. The minimum Gasteiger partial charge on any atom is -0.328 e. The van der Waals surface area contributed by atoms with Gasteiger partial charge in [-0.05, 0) is 6.07 Å². The van der Waals surface area contributed by atoms with Crippen LogP contribution in [0.15, 0.2) is 24.3 Å². The van der Waals surface area contributed by atoms with E-state index < -0.39 is 12.1 Å². The number of benzene rings is 1. The topological polar surface area (TPSA) is 61.5 Å². The zero-order chi connectivity index (χ0) is 11.3. The van der Waals surface area contributed by atoms with Crippen LogP contribution in [0.1, 0.15) is 18.6 Å². The molecule has 0 aliphatic carbocycles. The van der Waals surface area contributed by atoms with Crippen LogP contribution in [0, 0.1) is 0 Å². The predicted octanol–water partition coefficient (Wildman–Crippen LogP) is 1.83. The van der Waals surface area contributed by atoms with Crippen LogP contribution in [0.3, 0.4) is 0 Å². The summed E-state index contributed by atoms with van der Waals surface area (Å²) in [7, 11) is 0. The quantitative estimate of drug-likeness (QED) is 0.632. The molecule has 1 unspecified atom stereocenters. The molecule has 15 heavy (non-hydrogen) atoms. The first kappa shape index (κ1) is 12.0. The maximum atomic E-state index is 10.6. The van der Waals surface area contributed by atoms with Gasteiger partial charge in [-0.1, -0.05) is 29.8 Å². The maximum Gasteiger partial charge on any atom is 0.339 e. The Hall–Kier alpha value is -1.10. The van der Waals surface area contributed by atoms with Gasteiger partial charge in [0.05, 0.1) is 0 Å². The summed E-state index contributed by atoms with van der Waals surface area (Å²) in [6, 6.07) is 7.09. The summed E-state index contributed by atoms with van der Waals surface area (Å²) in [4.78, 5) is 19.8. The highest BCUT2D eigenvalue weighted by molar-refractivity contribution is 6.31. The fourth-order valence-electron chi connectivity index (χ4n) is 1.08. The van der Waals surface area contributed by atoms with E-state index in [-0.39, 0.29) is 6.54 Å². The maximum absolute atomic E-state index is 10.6. The van der Waals surface area contributed by atoms with Gasteiger partial charge in [0.1, 0.15) is 6.10 Å². The highest BCUT2D eigenvalue weighted by Gasteiger charge is 2.15. The highest BCUT2D eigenvalue weighted by Crippen LogP contribution is 2.24. The summed E-state index contributed by atoms with van der Waals surface area (Å²) >= 11 is 5.94. The van der Waals surface area contributed by atoms with Gasteiger partial charge in [0.2, 0.25) is 0 Å².